The Bertz CT molecular complexity index is 57.8. The van der Waals surface area contributed by atoms with Gasteiger partial charge in [-0.15, -0.1) is 0 Å². The quantitative estimate of drug-likeness (QED) is 0.233. The standard InChI is InChI=1S/C.Na.H3O4P/c;;1-5(2,3)4/h;;(H3,1,2,3,4)/q+4;+1;. The zero-order valence-electron chi connectivity index (χ0n) is 3.70. The molecule has 0 bridgehead atoms. The van der Waals surface area contributed by atoms with Gasteiger partial charge in [-0.25, -0.2) is 4.57 Å². The molecule has 0 unspecified atom stereocenters. The van der Waals surface area contributed by atoms with Crippen molar-refractivity contribution in [2.45, 2.75) is 0 Å². The van der Waals surface area contributed by atoms with E-state index in [0.717, 1.165) is 0 Å². The monoisotopic (exact) mass is 133 g/mol. The molecule has 0 aliphatic rings. The SMILES string of the molecule is O=P(O)(O)O.[C+4].[Na+]. The van der Waals surface area contributed by atoms with E-state index in [1.807, 2.05) is 0 Å². The van der Waals surface area contributed by atoms with Crippen molar-refractivity contribution in [3.8, 4) is 0 Å². The van der Waals surface area contributed by atoms with Crippen LogP contribution in [-0.2, 0) is 4.57 Å². The Morgan fingerprint density at radius 3 is 1.14 bits per heavy atom. The summed E-state index contributed by atoms with van der Waals surface area (Å²) < 4.78 is 8.88. The molecular weight excluding hydrogens is 130 g/mol. The summed E-state index contributed by atoms with van der Waals surface area (Å²) in [7, 11) is -4.64. The molecule has 0 rings (SSSR count). The zero-order chi connectivity index (χ0) is 4.50. The Balaban J connectivity index is -0.0000000800. The van der Waals surface area contributed by atoms with Crippen LogP contribution in [0.2, 0.25) is 0 Å². The van der Waals surface area contributed by atoms with Crippen molar-refractivity contribution in [2.24, 2.45) is 0 Å². The summed E-state index contributed by atoms with van der Waals surface area (Å²) in [6, 6.07) is 0. The largest absolute Gasteiger partial charge is 4.00 e. The minimum Gasteiger partial charge on any atom is -0.303 e. The summed E-state index contributed by atoms with van der Waals surface area (Å²) in [5.41, 5.74) is 0. The molecule has 0 aromatic heterocycles. The van der Waals surface area contributed by atoms with Gasteiger partial charge in [0.15, 0.2) is 0 Å². The molecule has 0 aliphatic carbocycles. The molecule has 0 spiro atoms. The van der Waals surface area contributed by atoms with Gasteiger partial charge in [0.2, 0.25) is 0 Å². The second-order valence-corrected chi connectivity index (χ2v) is 1.54. The third-order valence-electron chi connectivity index (χ3n) is 0. The Morgan fingerprint density at radius 1 is 1.14 bits per heavy atom. The van der Waals surface area contributed by atoms with Crippen LogP contribution in [0.5, 0.6) is 0 Å². The average molecular weight is 133 g/mol. The predicted octanol–water partition coefficient (Wildman–Crippen LogP) is -3.84. The van der Waals surface area contributed by atoms with Crippen molar-refractivity contribution >= 4 is 7.82 Å². The molecule has 6 heteroatoms. The first-order valence-corrected chi connectivity index (χ1v) is 2.35. The van der Waals surface area contributed by atoms with E-state index in [1.165, 1.54) is 0 Å². The maximum atomic E-state index is 8.88. The number of phosphoric acid groups is 1. The van der Waals surface area contributed by atoms with Crippen molar-refractivity contribution < 1.29 is 48.8 Å². The van der Waals surface area contributed by atoms with Crippen LogP contribution in [0.4, 0.5) is 0 Å². The summed E-state index contributed by atoms with van der Waals surface area (Å²) in [5.74, 6) is 0. The van der Waals surface area contributed by atoms with E-state index in [9.17, 15) is 0 Å². The molecular formula is CH3NaO4P+5. The second-order valence-electron chi connectivity index (χ2n) is 0.513. The molecule has 0 aromatic carbocycles. The van der Waals surface area contributed by atoms with Crippen molar-refractivity contribution in [1.29, 1.82) is 0 Å². The van der Waals surface area contributed by atoms with Crippen molar-refractivity contribution in [3.05, 3.63) is 7.43 Å². The number of hydrogen-bond donors (Lipinski definition) is 3. The second kappa shape index (κ2) is 5.25. The van der Waals surface area contributed by atoms with E-state index >= 15 is 0 Å². The molecule has 0 radical (unpaired) electrons. The topological polar surface area (TPSA) is 77.8 Å². The predicted molar refractivity (Wildman–Crippen MR) is 17.5 cm³/mol. The van der Waals surface area contributed by atoms with Crippen molar-refractivity contribution in [2.75, 3.05) is 0 Å². The van der Waals surface area contributed by atoms with Gasteiger partial charge in [-0.05, 0) is 0 Å². The summed E-state index contributed by atoms with van der Waals surface area (Å²) in [6.07, 6.45) is 0. The molecule has 0 heterocycles. The number of hydrogen-bond acceptors (Lipinski definition) is 1. The Kier molecular flexibility index (Phi) is 11.8. The van der Waals surface area contributed by atoms with Gasteiger partial charge in [-0.3, -0.25) is 0 Å². The van der Waals surface area contributed by atoms with Gasteiger partial charge in [-0.2, -0.15) is 0 Å². The Hall–Kier alpha value is 1.11. The van der Waals surface area contributed by atoms with Crippen LogP contribution in [0, 0.1) is 7.43 Å². The minimum atomic E-state index is -4.64. The van der Waals surface area contributed by atoms with Gasteiger partial charge in [0.1, 0.15) is 0 Å². The van der Waals surface area contributed by atoms with Crippen LogP contribution in [0.1, 0.15) is 0 Å². The zero-order valence-corrected chi connectivity index (χ0v) is 6.59. The number of rotatable bonds is 0. The first kappa shape index (κ1) is 15.7. The fraction of sp³-hybridized carbons (Fsp3) is 0. The molecule has 0 fully saturated rings. The average Bonchev–Trinajstić information content (AvgIpc) is 0.722. The molecule has 0 aliphatic heterocycles. The fourth-order valence-corrected chi connectivity index (χ4v) is 0. The van der Waals surface area contributed by atoms with Gasteiger partial charge >= 0.3 is 44.8 Å². The van der Waals surface area contributed by atoms with Gasteiger partial charge < -0.3 is 14.7 Å². The van der Waals surface area contributed by atoms with Crippen molar-refractivity contribution in [1.82, 2.24) is 0 Å². The summed E-state index contributed by atoms with van der Waals surface area (Å²) in [4.78, 5) is 21.6. The maximum Gasteiger partial charge on any atom is 4.00 e. The van der Waals surface area contributed by atoms with Gasteiger partial charge in [-0.1, -0.05) is 0 Å². The van der Waals surface area contributed by atoms with E-state index in [0.29, 0.717) is 0 Å². The molecule has 0 aromatic rings. The van der Waals surface area contributed by atoms with Crippen LogP contribution in [-0.4, -0.2) is 14.7 Å². The molecule has 7 heavy (non-hydrogen) atoms. The van der Waals surface area contributed by atoms with Gasteiger partial charge in [0.05, 0.1) is 0 Å². The van der Waals surface area contributed by atoms with E-state index < -0.39 is 7.82 Å². The van der Waals surface area contributed by atoms with Crippen LogP contribution in [0.15, 0.2) is 0 Å². The first-order valence-electron chi connectivity index (χ1n) is 0.783. The van der Waals surface area contributed by atoms with Crippen LogP contribution in [0.3, 0.4) is 0 Å². The normalized spacial score (nSPS) is 8.43. The van der Waals surface area contributed by atoms with Crippen LogP contribution >= 0.6 is 7.82 Å². The Labute approximate surface area is 64.1 Å². The third-order valence-corrected chi connectivity index (χ3v) is 0. The summed E-state index contributed by atoms with van der Waals surface area (Å²) in [6.45, 7) is 0. The van der Waals surface area contributed by atoms with E-state index in [1.54, 1.807) is 0 Å². The minimum absolute atomic E-state index is 0. The Morgan fingerprint density at radius 2 is 1.14 bits per heavy atom. The van der Waals surface area contributed by atoms with Gasteiger partial charge in [0, 0.05) is 0 Å². The summed E-state index contributed by atoms with van der Waals surface area (Å²) >= 11 is 0. The molecule has 4 nitrogen and oxygen atoms in total. The van der Waals surface area contributed by atoms with Crippen LogP contribution in [0.25, 0.3) is 0 Å². The van der Waals surface area contributed by atoms with E-state index in [4.69, 9.17) is 19.2 Å². The van der Waals surface area contributed by atoms with E-state index in [-0.39, 0.29) is 37.0 Å². The van der Waals surface area contributed by atoms with Gasteiger partial charge in [0.25, 0.3) is 0 Å². The molecule has 32 valence electrons. The summed E-state index contributed by atoms with van der Waals surface area (Å²) in [5, 5.41) is 0. The third kappa shape index (κ3) is 151. The fourth-order valence-electron chi connectivity index (χ4n) is 0. The molecule has 0 atom stereocenters. The molecule has 0 saturated carbocycles. The maximum absolute atomic E-state index is 8.88. The molecule has 0 amide bonds. The molecule has 3 N–H and O–H groups in total. The molecule has 0 saturated heterocycles. The van der Waals surface area contributed by atoms with Crippen molar-refractivity contribution in [3.63, 3.8) is 0 Å². The first-order chi connectivity index (χ1) is 2.00. The van der Waals surface area contributed by atoms with Crippen LogP contribution < -0.4 is 29.6 Å². The van der Waals surface area contributed by atoms with E-state index in [2.05, 4.69) is 0 Å². The smallest absolute Gasteiger partial charge is 0.303 e.